The van der Waals surface area contributed by atoms with Gasteiger partial charge < -0.3 is 9.47 Å². The van der Waals surface area contributed by atoms with Gasteiger partial charge >= 0.3 is 0 Å². The molecule has 3 rings (SSSR count). The van der Waals surface area contributed by atoms with Gasteiger partial charge in [0.25, 0.3) is 0 Å². The van der Waals surface area contributed by atoms with Gasteiger partial charge in [-0.15, -0.1) is 0 Å². The highest BCUT2D eigenvalue weighted by Crippen LogP contribution is 2.34. The van der Waals surface area contributed by atoms with Crippen LogP contribution >= 0.6 is 15.9 Å². The molecule has 0 saturated heterocycles. The van der Waals surface area contributed by atoms with Crippen LogP contribution in [-0.2, 0) is 17.8 Å². The Morgan fingerprint density at radius 2 is 2.05 bits per heavy atom. The second-order valence-electron chi connectivity index (χ2n) is 5.35. The Bertz CT molecular complexity index is 624. The SMILES string of the molecule is COc1ccc(Br)cc1COC1CCCc2ccccc21. The zero-order valence-electron chi connectivity index (χ0n) is 12.1. The second kappa shape index (κ2) is 6.63. The fraction of sp³-hybridized carbons (Fsp3) is 0.333. The summed E-state index contributed by atoms with van der Waals surface area (Å²) in [6, 6.07) is 14.6. The molecular weight excluding hydrogens is 328 g/mol. The van der Waals surface area contributed by atoms with Crippen molar-refractivity contribution in [3.05, 3.63) is 63.6 Å². The number of hydrogen-bond acceptors (Lipinski definition) is 2. The molecule has 0 bridgehead atoms. The van der Waals surface area contributed by atoms with Crippen LogP contribution in [0.4, 0.5) is 0 Å². The summed E-state index contributed by atoms with van der Waals surface area (Å²) in [7, 11) is 1.70. The van der Waals surface area contributed by atoms with Crippen molar-refractivity contribution in [2.75, 3.05) is 7.11 Å². The molecular formula is C18H19BrO2. The van der Waals surface area contributed by atoms with Crippen molar-refractivity contribution in [2.24, 2.45) is 0 Å². The third-order valence-electron chi connectivity index (χ3n) is 4.00. The molecule has 2 aromatic rings. The van der Waals surface area contributed by atoms with Crippen molar-refractivity contribution < 1.29 is 9.47 Å². The average molecular weight is 347 g/mol. The minimum atomic E-state index is 0.193. The van der Waals surface area contributed by atoms with Gasteiger partial charge in [0.1, 0.15) is 5.75 Å². The van der Waals surface area contributed by atoms with Gasteiger partial charge in [-0.25, -0.2) is 0 Å². The van der Waals surface area contributed by atoms with Crippen LogP contribution in [0.2, 0.25) is 0 Å². The van der Waals surface area contributed by atoms with E-state index in [-0.39, 0.29) is 6.10 Å². The molecule has 0 aliphatic heterocycles. The zero-order chi connectivity index (χ0) is 14.7. The molecule has 21 heavy (non-hydrogen) atoms. The third-order valence-corrected chi connectivity index (χ3v) is 4.49. The van der Waals surface area contributed by atoms with Crippen LogP contribution in [0.25, 0.3) is 0 Å². The summed E-state index contributed by atoms with van der Waals surface area (Å²) in [6.07, 6.45) is 3.64. The molecule has 0 aromatic heterocycles. The maximum atomic E-state index is 6.19. The lowest BCUT2D eigenvalue weighted by Crippen LogP contribution is -2.13. The van der Waals surface area contributed by atoms with Gasteiger partial charge in [0.05, 0.1) is 19.8 Å². The van der Waals surface area contributed by atoms with E-state index >= 15 is 0 Å². The van der Waals surface area contributed by atoms with Crippen molar-refractivity contribution in [1.29, 1.82) is 0 Å². The first-order chi connectivity index (χ1) is 10.3. The molecule has 1 aliphatic carbocycles. The predicted molar refractivity (Wildman–Crippen MR) is 87.6 cm³/mol. The van der Waals surface area contributed by atoms with Gasteiger partial charge in [-0.2, -0.15) is 0 Å². The molecule has 2 nitrogen and oxygen atoms in total. The van der Waals surface area contributed by atoms with Crippen molar-refractivity contribution in [2.45, 2.75) is 32.0 Å². The molecule has 0 spiro atoms. The lowest BCUT2D eigenvalue weighted by Gasteiger charge is -2.26. The first-order valence-corrected chi connectivity index (χ1v) is 8.09. The summed E-state index contributed by atoms with van der Waals surface area (Å²) in [5, 5.41) is 0. The van der Waals surface area contributed by atoms with Crippen molar-refractivity contribution in [1.82, 2.24) is 0 Å². The molecule has 2 aromatic carbocycles. The second-order valence-corrected chi connectivity index (χ2v) is 6.26. The number of benzene rings is 2. The Balaban J connectivity index is 1.76. The molecule has 0 saturated carbocycles. The Hall–Kier alpha value is -1.32. The number of aryl methyl sites for hydroxylation is 1. The van der Waals surface area contributed by atoms with Gasteiger partial charge in [0.2, 0.25) is 0 Å². The minimum absolute atomic E-state index is 0.193. The van der Waals surface area contributed by atoms with Gasteiger partial charge in [0.15, 0.2) is 0 Å². The van der Waals surface area contributed by atoms with Crippen LogP contribution in [0.3, 0.4) is 0 Å². The standard InChI is InChI=1S/C18H19BrO2/c1-20-17-10-9-15(19)11-14(17)12-21-18-8-4-6-13-5-2-3-7-16(13)18/h2-3,5,7,9-11,18H,4,6,8,12H2,1H3. The molecule has 1 aliphatic rings. The Morgan fingerprint density at radius 1 is 1.19 bits per heavy atom. The lowest BCUT2D eigenvalue weighted by molar-refractivity contribution is 0.0273. The van der Waals surface area contributed by atoms with E-state index in [1.54, 1.807) is 7.11 Å². The largest absolute Gasteiger partial charge is 0.496 e. The monoisotopic (exact) mass is 346 g/mol. The zero-order valence-corrected chi connectivity index (χ0v) is 13.7. The Morgan fingerprint density at radius 3 is 2.90 bits per heavy atom. The summed E-state index contributed by atoms with van der Waals surface area (Å²) < 4.78 is 12.6. The van der Waals surface area contributed by atoms with E-state index in [2.05, 4.69) is 46.3 Å². The number of halogens is 1. The summed E-state index contributed by atoms with van der Waals surface area (Å²) in [4.78, 5) is 0. The van der Waals surface area contributed by atoms with E-state index in [9.17, 15) is 0 Å². The fourth-order valence-corrected chi connectivity index (χ4v) is 3.34. The molecule has 0 fully saturated rings. The number of rotatable bonds is 4. The van der Waals surface area contributed by atoms with Crippen molar-refractivity contribution >= 4 is 15.9 Å². The van der Waals surface area contributed by atoms with Crippen molar-refractivity contribution in [3.63, 3.8) is 0 Å². The molecule has 0 amide bonds. The highest BCUT2D eigenvalue weighted by molar-refractivity contribution is 9.10. The lowest BCUT2D eigenvalue weighted by atomic mass is 9.89. The van der Waals surface area contributed by atoms with Crippen molar-refractivity contribution in [3.8, 4) is 5.75 Å². The van der Waals surface area contributed by atoms with Crippen LogP contribution in [0.1, 0.15) is 35.6 Å². The molecule has 1 unspecified atom stereocenters. The van der Waals surface area contributed by atoms with Crippen LogP contribution in [0.5, 0.6) is 5.75 Å². The highest BCUT2D eigenvalue weighted by Gasteiger charge is 2.20. The maximum Gasteiger partial charge on any atom is 0.124 e. The quantitative estimate of drug-likeness (QED) is 0.770. The number of hydrogen-bond donors (Lipinski definition) is 0. The van der Waals surface area contributed by atoms with Crippen LogP contribution in [0, 0.1) is 0 Å². The first-order valence-electron chi connectivity index (χ1n) is 7.30. The fourth-order valence-electron chi connectivity index (χ4n) is 2.93. The van der Waals surface area contributed by atoms with E-state index in [1.807, 2.05) is 12.1 Å². The Labute approximate surface area is 134 Å². The van der Waals surface area contributed by atoms with Crippen LogP contribution in [-0.4, -0.2) is 7.11 Å². The van der Waals surface area contributed by atoms with Crippen LogP contribution < -0.4 is 4.74 Å². The van der Waals surface area contributed by atoms with E-state index in [4.69, 9.17) is 9.47 Å². The van der Waals surface area contributed by atoms with E-state index in [0.29, 0.717) is 6.61 Å². The molecule has 0 radical (unpaired) electrons. The molecule has 110 valence electrons. The number of methoxy groups -OCH3 is 1. The molecule has 0 heterocycles. The summed E-state index contributed by atoms with van der Waals surface area (Å²) in [5.41, 5.74) is 3.85. The maximum absolute atomic E-state index is 6.19. The minimum Gasteiger partial charge on any atom is -0.496 e. The van der Waals surface area contributed by atoms with Crippen LogP contribution in [0.15, 0.2) is 46.9 Å². The Kier molecular flexibility index (Phi) is 4.61. The molecule has 1 atom stereocenters. The topological polar surface area (TPSA) is 18.5 Å². The van der Waals surface area contributed by atoms with E-state index in [1.165, 1.54) is 17.5 Å². The summed E-state index contributed by atoms with van der Waals surface area (Å²) in [5.74, 6) is 0.877. The highest BCUT2D eigenvalue weighted by atomic mass is 79.9. The van der Waals surface area contributed by atoms with Gasteiger partial charge in [-0.05, 0) is 48.6 Å². The summed E-state index contributed by atoms with van der Waals surface area (Å²) >= 11 is 3.51. The number of fused-ring (bicyclic) bond motifs is 1. The first kappa shape index (κ1) is 14.6. The normalized spacial score (nSPS) is 17.3. The van der Waals surface area contributed by atoms with Gasteiger partial charge in [0, 0.05) is 10.0 Å². The summed E-state index contributed by atoms with van der Waals surface area (Å²) in [6.45, 7) is 0.571. The van der Waals surface area contributed by atoms with Gasteiger partial charge in [-0.3, -0.25) is 0 Å². The average Bonchev–Trinajstić information content (AvgIpc) is 2.53. The van der Waals surface area contributed by atoms with E-state index in [0.717, 1.165) is 28.6 Å². The molecule has 0 N–H and O–H groups in total. The number of ether oxygens (including phenoxy) is 2. The third kappa shape index (κ3) is 3.30. The van der Waals surface area contributed by atoms with E-state index < -0.39 is 0 Å². The smallest absolute Gasteiger partial charge is 0.124 e. The van der Waals surface area contributed by atoms with Gasteiger partial charge in [-0.1, -0.05) is 40.2 Å². The predicted octanol–water partition coefficient (Wildman–Crippen LogP) is 5.05. The molecule has 3 heteroatoms.